The fourth-order valence-electron chi connectivity index (χ4n) is 3.31. The van der Waals surface area contributed by atoms with Crippen molar-refractivity contribution >= 4 is 46.3 Å². The van der Waals surface area contributed by atoms with Crippen LogP contribution in [0.5, 0.6) is 5.75 Å². The summed E-state index contributed by atoms with van der Waals surface area (Å²) >= 11 is 7.62. The van der Waals surface area contributed by atoms with E-state index in [4.69, 9.17) is 21.7 Å². The first-order valence-electron chi connectivity index (χ1n) is 8.49. The number of nitrogens with one attached hydrogen (secondary N) is 1. The fraction of sp³-hybridized carbons (Fsp3) is 0.150. The van der Waals surface area contributed by atoms with Crippen molar-refractivity contribution in [3.05, 3.63) is 63.4 Å². The topological polar surface area (TPSA) is 70.7 Å². The zero-order valence-electron chi connectivity index (χ0n) is 15.5. The molecule has 0 saturated carbocycles. The summed E-state index contributed by atoms with van der Waals surface area (Å²) in [6.07, 6.45) is 3.47. The van der Waals surface area contributed by atoms with Crippen LogP contribution in [0.3, 0.4) is 0 Å². The number of halogens is 1. The van der Waals surface area contributed by atoms with Crippen LogP contribution in [0.15, 0.2) is 46.4 Å². The third kappa shape index (κ3) is 2.96. The highest BCUT2D eigenvalue weighted by Gasteiger charge is 2.31. The number of carbonyl (C=O) groups excluding carboxylic acids is 1. The van der Waals surface area contributed by atoms with E-state index in [9.17, 15) is 4.79 Å². The Morgan fingerprint density at radius 1 is 1.29 bits per heavy atom. The molecule has 0 fully saturated rings. The van der Waals surface area contributed by atoms with E-state index >= 15 is 0 Å². The van der Waals surface area contributed by atoms with Gasteiger partial charge in [0.05, 0.1) is 17.7 Å². The number of rotatable bonds is 3. The molecule has 8 heteroatoms. The molecule has 1 aromatic carbocycles. The zero-order valence-corrected chi connectivity index (χ0v) is 17.1. The van der Waals surface area contributed by atoms with Gasteiger partial charge in [0.2, 0.25) is 0 Å². The number of ether oxygens (including phenoxy) is 1. The van der Waals surface area contributed by atoms with Gasteiger partial charge in [-0.2, -0.15) is 4.99 Å². The summed E-state index contributed by atoms with van der Waals surface area (Å²) in [5, 5.41) is 11.2. The molecule has 0 bridgehead atoms. The minimum absolute atomic E-state index is 0.133. The number of benzene rings is 1. The lowest BCUT2D eigenvalue weighted by Crippen LogP contribution is -2.35. The van der Waals surface area contributed by atoms with Gasteiger partial charge < -0.3 is 9.30 Å². The maximum Gasteiger partial charge on any atom is 0.283 e. The molecule has 0 saturated heterocycles. The number of hydrogen-bond donors (Lipinski definition) is 1. The molecule has 1 N–H and O–H groups in total. The van der Waals surface area contributed by atoms with Crippen molar-refractivity contribution in [3.63, 3.8) is 0 Å². The third-order valence-corrected chi connectivity index (χ3v) is 5.73. The molecule has 0 unspecified atom stereocenters. The summed E-state index contributed by atoms with van der Waals surface area (Å²) in [6.45, 7) is 3.95. The standard InChI is InChI=1S/C20H17ClN4O2S/c1-11-8-13(9-15-18(22)24-6-7-28-20(24)23-19(15)26)12(2)25(11)14-4-5-17(27-3)16(21)10-14/h4-10,22H,1-3H3/b15-9-,22-18?. The predicted octanol–water partition coefficient (Wildman–Crippen LogP) is 4.53. The van der Waals surface area contributed by atoms with Crippen LogP contribution < -0.4 is 4.74 Å². The van der Waals surface area contributed by atoms with Crippen LogP contribution in [-0.4, -0.2) is 33.5 Å². The van der Waals surface area contributed by atoms with Crippen LogP contribution in [-0.2, 0) is 4.79 Å². The maximum absolute atomic E-state index is 12.4. The molecule has 142 valence electrons. The smallest absolute Gasteiger partial charge is 0.283 e. The largest absolute Gasteiger partial charge is 0.495 e. The number of amides is 1. The quantitative estimate of drug-likeness (QED) is 0.751. The van der Waals surface area contributed by atoms with Crippen molar-refractivity contribution in [2.45, 2.75) is 13.8 Å². The van der Waals surface area contributed by atoms with Crippen LogP contribution in [0.2, 0.25) is 5.02 Å². The summed E-state index contributed by atoms with van der Waals surface area (Å²) in [6, 6.07) is 7.57. The number of carbonyl (C=O) groups is 1. The molecule has 6 nitrogen and oxygen atoms in total. The van der Waals surface area contributed by atoms with Gasteiger partial charge in [0.15, 0.2) is 5.17 Å². The highest BCUT2D eigenvalue weighted by Crippen LogP contribution is 2.31. The molecule has 0 atom stereocenters. The molecule has 3 heterocycles. The van der Waals surface area contributed by atoms with Crippen molar-refractivity contribution in [1.29, 1.82) is 5.41 Å². The number of methoxy groups -OCH3 is 1. The number of thioether (sulfide) groups is 1. The van der Waals surface area contributed by atoms with Crippen LogP contribution in [0.4, 0.5) is 0 Å². The number of aliphatic imine (C=N–C) groups is 1. The van der Waals surface area contributed by atoms with E-state index in [0.29, 0.717) is 15.9 Å². The van der Waals surface area contributed by atoms with Gasteiger partial charge in [-0.15, -0.1) is 0 Å². The lowest BCUT2D eigenvalue weighted by atomic mass is 10.1. The molecule has 2 aromatic rings. The molecule has 0 aliphatic carbocycles. The third-order valence-electron chi connectivity index (χ3n) is 4.68. The maximum atomic E-state index is 12.4. The van der Waals surface area contributed by atoms with E-state index in [0.717, 1.165) is 22.6 Å². The van der Waals surface area contributed by atoms with E-state index in [1.54, 1.807) is 24.3 Å². The zero-order chi connectivity index (χ0) is 20.0. The molecule has 0 spiro atoms. The highest BCUT2D eigenvalue weighted by atomic mass is 35.5. The minimum atomic E-state index is -0.398. The first kappa shape index (κ1) is 18.6. The Labute approximate surface area is 171 Å². The molecule has 28 heavy (non-hydrogen) atoms. The SMILES string of the molecule is COc1ccc(-n2c(C)cc(/C=C3/C(=N)N4C=CSC4=NC3=O)c2C)cc1Cl. The van der Waals surface area contributed by atoms with Gasteiger partial charge >= 0.3 is 0 Å². The van der Waals surface area contributed by atoms with Gasteiger partial charge in [0, 0.05) is 23.3 Å². The molecular formula is C20H17ClN4O2S. The van der Waals surface area contributed by atoms with Crippen LogP contribution in [0, 0.1) is 19.3 Å². The highest BCUT2D eigenvalue weighted by molar-refractivity contribution is 8.16. The number of nitrogens with zero attached hydrogens (tertiary/aromatic N) is 3. The molecule has 2 aliphatic heterocycles. The van der Waals surface area contributed by atoms with Crippen molar-refractivity contribution < 1.29 is 9.53 Å². The average molecular weight is 413 g/mol. The monoisotopic (exact) mass is 412 g/mol. The van der Waals surface area contributed by atoms with Crippen molar-refractivity contribution in [3.8, 4) is 11.4 Å². The number of hydrogen-bond acceptors (Lipinski definition) is 4. The first-order valence-corrected chi connectivity index (χ1v) is 9.75. The number of aryl methyl sites for hydroxylation is 1. The van der Waals surface area contributed by atoms with Crippen LogP contribution >= 0.6 is 23.4 Å². The Morgan fingerprint density at radius 3 is 2.79 bits per heavy atom. The van der Waals surface area contributed by atoms with E-state index in [1.165, 1.54) is 11.8 Å². The van der Waals surface area contributed by atoms with Gasteiger partial charge in [-0.05, 0) is 55.2 Å². The lowest BCUT2D eigenvalue weighted by Gasteiger charge is -2.22. The lowest BCUT2D eigenvalue weighted by molar-refractivity contribution is -0.114. The van der Waals surface area contributed by atoms with Crippen LogP contribution in [0.25, 0.3) is 11.8 Å². The summed E-state index contributed by atoms with van der Waals surface area (Å²) < 4.78 is 7.27. The van der Waals surface area contributed by atoms with Gasteiger partial charge in [-0.1, -0.05) is 23.4 Å². The summed E-state index contributed by atoms with van der Waals surface area (Å²) in [5.41, 5.74) is 3.94. The molecule has 4 rings (SSSR count). The Bertz CT molecular complexity index is 1110. The Morgan fingerprint density at radius 2 is 2.07 bits per heavy atom. The second kappa shape index (κ2) is 7.00. The summed E-state index contributed by atoms with van der Waals surface area (Å²) in [4.78, 5) is 18.1. The second-order valence-electron chi connectivity index (χ2n) is 6.36. The van der Waals surface area contributed by atoms with Crippen molar-refractivity contribution in [2.75, 3.05) is 7.11 Å². The normalized spacial score (nSPS) is 17.4. The van der Waals surface area contributed by atoms with Crippen molar-refractivity contribution in [1.82, 2.24) is 9.47 Å². The minimum Gasteiger partial charge on any atom is -0.495 e. The molecular weight excluding hydrogens is 396 g/mol. The summed E-state index contributed by atoms with van der Waals surface area (Å²) in [7, 11) is 1.58. The molecule has 1 amide bonds. The van der Waals surface area contributed by atoms with E-state index in [2.05, 4.69) is 9.56 Å². The Kier molecular flexibility index (Phi) is 4.64. The molecule has 1 aromatic heterocycles. The number of aromatic nitrogens is 1. The van der Waals surface area contributed by atoms with Gasteiger partial charge in [-0.3, -0.25) is 15.1 Å². The van der Waals surface area contributed by atoms with Gasteiger partial charge in [0.25, 0.3) is 5.91 Å². The summed E-state index contributed by atoms with van der Waals surface area (Å²) in [5.74, 6) is 0.347. The second-order valence-corrected chi connectivity index (χ2v) is 7.64. The average Bonchev–Trinajstić information content (AvgIpc) is 3.23. The Balaban J connectivity index is 1.77. The Hall–Kier alpha value is -2.77. The fourth-order valence-corrected chi connectivity index (χ4v) is 4.27. The van der Waals surface area contributed by atoms with Crippen LogP contribution in [0.1, 0.15) is 17.0 Å². The van der Waals surface area contributed by atoms with Crippen molar-refractivity contribution in [2.24, 2.45) is 4.99 Å². The number of amidine groups is 2. The van der Waals surface area contributed by atoms with Gasteiger partial charge in [-0.25, -0.2) is 0 Å². The predicted molar refractivity (Wildman–Crippen MR) is 114 cm³/mol. The molecule has 2 aliphatic rings. The van der Waals surface area contributed by atoms with E-state index in [1.807, 2.05) is 43.5 Å². The van der Waals surface area contributed by atoms with Gasteiger partial charge in [0.1, 0.15) is 11.6 Å². The first-order chi connectivity index (χ1) is 13.4. The number of fused-ring (bicyclic) bond motifs is 1. The molecule has 0 radical (unpaired) electrons. The van der Waals surface area contributed by atoms with E-state index in [-0.39, 0.29) is 11.4 Å². The van der Waals surface area contributed by atoms with E-state index < -0.39 is 5.91 Å².